The lowest BCUT2D eigenvalue weighted by Crippen LogP contribution is -2.34. The average molecular weight is 418 g/mol. The van der Waals surface area contributed by atoms with Crippen LogP contribution < -0.4 is 5.32 Å². The van der Waals surface area contributed by atoms with Crippen LogP contribution in [0.3, 0.4) is 0 Å². The molecule has 3 rings (SSSR count). The van der Waals surface area contributed by atoms with Crippen LogP contribution in [0.4, 0.5) is 8.78 Å². The molecule has 1 saturated heterocycles. The number of rotatable bonds is 5. The number of aliphatic carboxylic acids is 1. The molecule has 0 aromatic heterocycles. The predicted octanol–water partition coefficient (Wildman–Crippen LogP) is 3.29. The fraction of sp³-hybridized carbons (Fsp3) is 0.318. The molecule has 30 heavy (non-hydrogen) atoms. The highest BCUT2D eigenvalue weighted by molar-refractivity contribution is 5.96. The minimum atomic E-state index is -1.29. The van der Waals surface area contributed by atoms with Gasteiger partial charge < -0.3 is 15.3 Å². The smallest absolute Gasteiger partial charge is 0.322 e. The van der Waals surface area contributed by atoms with Gasteiger partial charge in [-0.3, -0.25) is 14.4 Å². The minimum absolute atomic E-state index is 0.308. The summed E-state index contributed by atoms with van der Waals surface area (Å²) in [6.45, 7) is 3.10. The van der Waals surface area contributed by atoms with Crippen molar-refractivity contribution in [3.63, 3.8) is 0 Å². The van der Waals surface area contributed by atoms with Gasteiger partial charge in [0.25, 0.3) is 5.91 Å². The summed E-state index contributed by atoms with van der Waals surface area (Å²) in [5.41, 5.74) is 1.72. The van der Waals surface area contributed by atoms with E-state index in [0.717, 1.165) is 50.6 Å². The highest BCUT2D eigenvalue weighted by Gasteiger charge is 2.18. The molecule has 1 aliphatic rings. The van der Waals surface area contributed by atoms with E-state index in [-0.39, 0.29) is 0 Å². The van der Waals surface area contributed by atoms with Gasteiger partial charge in [0.2, 0.25) is 5.91 Å². The van der Waals surface area contributed by atoms with Crippen molar-refractivity contribution in [1.82, 2.24) is 10.2 Å². The number of likely N-dealkylation sites (tertiary alicyclic amines) is 1. The lowest BCUT2D eigenvalue weighted by Gasteiger charge is -2.26. The Morgan fingerprint density at radius 3 is 2.37 bits per heavy atom. The van der Waals surface area contributed by atoms with Crippen molar-refractivity contribution in [3.8, 4) is 0 Å². The molecule has 6 nitrogen and oxygen atoms in total. The summed E-state index contributed by atoms with van der Waals surface area (Å²) in [5, 5.41) is 10.1. The first-order chi connectivity index (χ1) is 14.3. The van der Waals surface area contributed by atoms with Gasteiger partial charge in [-0.15, -0.1) is 0 Å². The SMILES string of the molecule is Cc1cccc(CN2CCCCC2=O)c1.O=C(O)CNC(=O)c1c(F)cccc1F. The molecule has 1 fully saturated rings. The van der Waals surface area contributed by atoms with Crippen LogP contribution in [0.15, 0.2) is 42.5 Å². The van der Waals surface area contributed by atoms with Crippen LogP contribution in [-0.4, -0.2) is 40.9 Å². The number of benzene rings is 2. The van der Waals surface area contributed by atoms with Gasteiger partial charge in [-0.25, -0.2) is 8.78 Å². The monoisotopic (exact) mass is 418 g/mol. The first kappa shape index (κ1) is 23.0. The Morgan fingerprint density at radius 1 is 1.10 bits per heavy atom. The maximum absolute atomic E-state index is 13.0. The Bertz CT molecular complexity index is 898. The van der Waals surface area contributed by atoms with Gasteiger partial charge in [0.05, 0.1) is 0 Å². The number of amides is 2. The van der Waals surface area contributed by atoms with E-state index in [0.29, 0.717) is 5.91 Å². The molecule has 0 radical (unpaired) electrons. The lowest BCUT2D eigenvalue weighted by atomic mass is 10.1. The summed E-state index contributed by atoms with van der Waals surface area (Å²) in [5.74, 6) is -4.13. The van der Waals surface area contributed by atoms with Gasteiger partial charge in [-0.1, -0.05) is 35.9 Å². The van der Waals surface area contributed by atoms with Crippen molar-refractivity contribution in [2.75, 3.05) is 13.1 Å². The number of aryl methyl sites for hydroxylation is 1. The van der Waals surface area contributed by atoms with Crippen molar-refractivity contribution in [2.24, 2.45) is 0 Å². The second kappa shape index (κ2) is 11.0. The Morgan fingerprint density at radius 2 is 1.77 bits per heavy atom. The minimum Gasteiger partial charge on any atom is -0.480 e. The number of halogens is 2. The van der Waals surface area contributed by atoms with Gasteiger partial charge in [0, 0.05) is 19.5 Å². The number of nitrogens with one attached hydrogen (secondary N) is 1. The summed E-state index contributed by atoms with van der Waals surface area (Å²) < 4.78 is 26.0. The fourth-order valence-corrected chi connectivity index (χ4v) is 3.02. The summed E-state index contributed by atoms with van der Waals surface area (Å²) in [6.07, 6.45) is 2.94. The molecule has 2 aromatic rings. The van der Waals surface area contributed by atoms with Crippen LogP contribution in [0.5, 0.6) is 0 Å². The number of nitrogens with zero attached hydrogens (tertiary/aromatic N) is 1. The van der Waals surface area contributed by atoms with E-state index in [1.165, 1.54) is 11.1 Å². The molecule has 2 amide bonds. The Hall–Kier alpha value is -3.29. The summed E-state index contributed by atoms with van der Waals surface area (Å²) in [4.78, 5) is 34.8. The molecule has 0 bridgehead atoms. The number of carbonyl (C=O) groups is 3. The molecular formula is C22H24F2N2O4. The van der Waals surface area contributed by atoms with Gasteiger partial charge >= 0.3 is 5.97 Å². The highest BCUT2D eigenvalue weighted by Crippen LogP contribution is 2.15. The Kier molecular flexibility index (Phi) is 8.46. The highest BCUT2D eigenvalue weighted by atomic mass is 19.1. The number of carboxylic acids is 1. The fourth-order valence-electron chi connectivity index (χ4n) is 3.02. The lowest BCUT2D eigenvalue weighted by molar-refractivity contribution is -0.136. The third-order valence-corrected chi connectivity index (χ3v) is 4.47. The number of piperidine rings is 1. The standard InChI is InChI=1S/C13H17NO.C9H7F2NO3/c1-11-5-4-6-12(9-11)10-14-8-3-2-7-13(14)15;10-5-2-1-3-6(11)8(5)9(15)12-4-7(13)14/h4-6,9H,2-3,7-8,10H2,1H3;1-3H,4H2,(H,12,15)(H,13,14). The molecule has 2 aromatic carbocycles. The third-order valence-electron chi connectivity index (χ3n) is 4.47. The van der Waals surface area contributed by atoms with Crippen molar-refractivity contribution in [3.05, 3.63) is 70.8 Å². The van der Waals surface area contributed by atoms with E-state index in [1.807, 2.05) is 10.2 Å². The molecule has 8 heteroatoms. The second-order valence-corrected chi connectivity index (χ2v) is 6.93. The van der Waals surface area contributed by atoms with Crippen LogP contribution in [0.25, 0.3) is 0 Å². The molecule has 0 spiro atoms. The van der Waals surface area contributed by atoms with Crippen molar-refractivity contribution in [2.45, 2.75) is 32.7 Å². The van der Waals surface area contributed by atoms with Gasteiger partial charge in [0.15, 0.2) is 0 Å². The summed E-state index contributed by atoms with van der Waals surface area (Å²) in [7, 11) is 0. The molecule has 0 aliphatic carbocycles. The number of carbonyl (C=O) groups excluding carboxylic acids is 2. The topological polar surface area (TPSA) is 86.7 Å². The van der Waals surface area contributed by atoms with Crippen LogP contribution >= 0.6 is 0 Å². The molecular weight excluding hydrogens is 394 g/mol. The molecule has 0 unspecified atom stereocenters. The van der Waals surface area contributed by atoms with Crippen molar-refractivity contribution in [1.29, 1.82) is 0 Å². The molecule has 0 saturated carbocycles. The maximum Gasteiger partial charge on any atom is 0.322 e. The van der Waals surface area contributed by atoms with E-state index in [9.17, 15) is 23.2 Å². The van der Waals surface area contributed by atoms with Crippen LogP contribution in [0, 0.1) is 18.6 Å². The maximum atomic E-state index is 13.0. The second-order valence-electron chi connectivity index (χ2n) is 6.93. The molecule has 1 aliphatic heterocycles. The van der Waals surface area contributed by atoms with Crippen LogP contribution in [0.1, 0.15) is 40.7 Å². The summed E-state index contributed by atoms with van der Waals surface area (Å²) >= 11 is 0. The normalized spacial score (nSPS) is 13.3. The van der Waals surface area contributed by atoms with Gasteiger partial charge in [-0.05, 0) is 37.5 Å². The zero-order valence-corrected chi connectivity index (χ0v) is 16.7. The predicted molar refractivity (Wildman–Crippen MR) is 107 cm³/mol. The van der Waals surface area contributed by atoms with Gasteiger partial charge in [-0.2, -0.15) is 0 Å². The molecule has 2 N–H and O–H groups in total. The quantitative estimate of drug-likeness (QED) is 0.780. The van der Waals surface area contributed by atoms with E-state index in [2.05, 4.69) is 31.2 Å². The first-order valence-electron chi connectivity index (χ1n) is 9.55. The summed E-state index contributed by atoms with van der Waals surface area (Å²) in [6, 6.07) is 11.3. The zero-order chi connectivity index (χ0) is 22.1. The van der Waals surface area contributed by atoms with Gasteiger partial charge in [0.1, 0.15) is 23.7 Å². The number of hydrogen-bond acceptors (Lipinski definition) is 3. The average Bonchev–Trinajstić information content (AvgIpc) is 2.69. The zero-order valence-electron chi connectivity index (χ0n) is 16.7. The number of carboxylic acid groups (broad SMARTS) is 1. The van der Waals surface area contributed by atoms with E-state index in [4.69, 9.17) is 5.11 Å². The molecule has 1 heterocycles. The van der Waals surface area contributed by atoms with E-state index in [1.54, 1.807) is 0 Å². The van der Waals surface area contributed by atoms with Crippen molar-refractivity contribution >= 4 is 17.8 Å². The van der Waals surface area contributed by atoms with E-state index >= 15 is 0 Å². The third kappa shape index (κ3) is 6.95. The van der Waals surface area contributed by atoms with E-state index < -0.39 is 35.6 Å². The largest absolute Gasteiger partial charge is 0.480 e. The van der Waals surface area contributed by atoms with Crippen molar-refractivity contribution < 1.29 is 28.3 Å². The molecule has 0 atom stereocenters. The van der Waals surface area contributed by atoms with Crippen LogP contribution in [0.2, 0.25) is 0 Å². The van der Waals surface area contributed by atoms with Crippen LogP contribution in [-0.2, 0) is 16.1 Å². The Labute approximate surface area is 173 Å². The number of hydrogen-bond donors (Lipinski definition) is 2. The Balaban J connectivity index is 0.000000214. The first-order valence-corrected chi connectivity index (χ1v) is 9.55. The molecule has 160 valence electrons.